The first-order valence-electron chi connectivity index (χ1n) is 7.57. The molecule has 0 unspecified atom stereocenters. The Morgan fingerprint density at radius 3 is 1.29 bits per heavy atom. The molecule has 3 rings (SSSR count). The van der Waals surface area contributed by atoms with E-state index in [1.54, 1.807) is 0 Å². The molecule has 0 radical (unpaired) electrons. The average Bonchev–Trinajstić information content (AvgIpc) is 2.66. The zero-order valence-electron chi connectivity index (χ0n) is 13.8. The summed E-state index contributed by atoms with van der Waals surface area (Å²) in [5, 5.41) is 19.2. The van der Waals surface area contributed by atoms with Gasteiger partial charge in [0.25, 0.3) is 0 Å². The molecule has 0 fully saturated rings. The molecule has 0 bridgehead atoms. The van der Waals surface area contributed by atoms with Gasteiger partial charge in [-0.3, -0.25) is 0 Å². The molecule has 0 atom stereocenters. The van der Waals surface area contributed by atoms with E-state index >= 15 is 0 Å². The molecule has 0 heterocycles. The van der Waals surface area contributed by atoms with Crippen molar-refractivity contribution in [1.82, 2.24) is 0 Å². The second-order valence-electron chi connectivity index (χ2n) is 5.56. The quantitative estimate of drug-likeness (QED) is 0.171. The molecule has 28 heavy (non-hydrogen) atoms. The summed E-state index contributed by atoms with van der Waals surface area (Å²) in [4.78, 5) is 0. The van der Waals surface area contributed by atoms with Gasteiger partial charge < -0.3 is 31.2 Å². The van der Waals surface area contributed by atoms with Gasteiger partial charge in [-0.25, -0.2) is 8.78 Å². The molecule has 146 valence electrons. The smallest absolute Gasteiger partial charge is 0.211 e. The van der Waals surface area contributed by atoms with Crippen LogP contribution < -0.4 is 20.9 Å². The van der Waals surface area contributed by atoms with Gasteiger partial charge in [-0.05, 0) is 24.3 Å². The summed E-state index contributed by atoms with van der Waals surface area (Å²) in [6.45, 7) is 0. The van der Waals surface area contributed by atoms with Crippen LogP contribution in [0.2, 0.25) is 0 Å². The van der Waals surface area contributed by atoms with Gasteiger partial charge in [0.1, 0.15) is 23.0 Å². The SMILES string of the molecule is Nc1ccc(Oc2c(F)c(F)c(F)c(F)c2Oc2ccc(N)c(O)c2)cc1O. The van der Waals surface area contributed by atoms with E-state index in [0.717, 1.165) is 12.1 Å². The van der Waals surface area contributed by atoms with Crippen molar-refractivity contribution in [2.45, 2.75) is 0 Å². The number of rotatable bonds is 4. The number of aromatic hydroxyl groups is 2. The lowest BCUT2D eigenvalue weighted by Crippen LogP contribution is -2.04. The Kier molecular flexibility index (Phi) is 4.78. The summed E-state index contributed by atoms with van der Waals surface area (Å²) in [5.41, 5.74) is 10.8. The monoisotopic (exact) mass is 396 g/mol. The summed E-state index contributed by atoms with van der Waals surface area (Å²) < 4.78 is 66.0. The number of halogens is 4. The summed E-state index contributed by atoms with van der Waals surface area (Å²) in [5.74, 6) is -11.6. The molecule has 10 heteroatoms. The molecule has 6 nitrogen and oxygen atoms in total. The van der Waals surface area contributed by atoms with Crippen LogP contribution in [0, 0.1) is 23.3 Å². The van der Waals surface area contributed by atoms with Gasteiger partial charge >= 0.3 is 0 Å². The molecule has 0 saturated heterocycles. The number of phenols is 2. The van der Waals surface area contributed by atoms with E-state index in [2.05, 4.69) is 0 Å². The lowest BCUT2D eigenvalue weighted by molar-refractivity contribution is 0.329. The largest absolute Gasteiger partial charge is 0.506 e. The fourth-order valence-electron chi connectivity index (χ4n) is 2.18. The molecule has 0 aliphatic carbocycles. The Balaban J connectivity index is 2.11. The predicted octanol–water partition coefficient (Wildman–Crippen LogP) is 4.40. The van der Waals surface area contributed by atoms with Crippen LogP contribution in [0.1, 0.15) is 0 Å². The van der Waals surface area contributed by atoms with Crippen LogP contribution >= 0.6 is 0 Å². The van der Waals surface area contributed by atoms with Crippen molar-refractivity contribution in [3.63, 3.8) is 0 Å². The van der Waals surface area contributed by atoms with Gasteiger partial charge in [-0.15, -0.1) is 0 Å². The number of hydrogen-bond donors (Lipinski definition) is 4. The van der Waals surface area contributed by atoms with Crippen LogP contribution in [0.25, 0.3) is 0 Å². The number of anilines is 2. The molecule has 0 aliphatic rings. The van der Waals surface area contributed by atoms with Crippen molar-refractivity contribution in [2.24, 2.45) is 0 Å². The van der Waals surface area contributed by atoms with E-state index in [1.165, 1.54) is 24.3 Å². The van der Waals surface area contributed by atoms with E-state index in [0.29, 0.717) is 0 Å². The second-order valence-corrected chi connectivity index (χ2v) is 5.56. The molecule has 0 aromatic heterocycles. The van der Waals surface area contributed by atoms with Crippen LogP contribution in [0.15, 0.2) is 36.4 Å². The van der Waals surface area contributed by atoms with Crippen molar-refractivity contribution < 1.29 is 37.2 Å². The number of nitrogens with two attached hydrogens (primary N) is 2. The predicted molar refractivity (Wildman–Crippen MR) is 91.5 cm³/mol. The summed E-state index contributed by atoms with van der Waals surface area (Å²) in [6.07, 6.45) is 0. The third-order valence-corrected chi connectivity index (χ3v) is 3.63. The van der Waals surface area contributed by atoms with Gasteiger partial charge in [0.15, 0.2) is 0 Å². The van der Waals surface area contributed by atoms with Crippen LogP contribution in [-0.4, -0.2) is 10.2 Å². The fraction of sp³-hybridized carbons (Fsp3) is 0. The van der Waals surface area contributed by atoms with Crippen LogP contribution in [-0.2, 0) is 0 Å². The molecule has 0 saturated carbocycles. The van der Waals surface area contributed by atoms with Crippen molar-refractivity contribution in [3.05, 3.63) is 59.7 Å². The molecule has 0 spiro atoms. The Labute approximate surface area is 155 Å². The first-order chi connectivity index (χ1) is 13.2. The van der Waals surface area contributed by atoms with Crippen molar-refractivity contribution in [3.8, 4) is 34.5 Å². The summed E-state index contributed by atoms with van der Waals surface area (Å²) >= 11 is 0. The Bertz CT molecular complexity index is 992. The second kappa shape index (κ2) is 7.06. The minimum atomic E-state index is -2.13. The molecule has 0 aliphatic heterocycles. The third-order valence-electron chi connectivity index (χ3n) is 3.63. The highest BCUT2D eigenvalue weighted by Gasteiger charge is 2.29. The average molecular weight is 396 g/mol. The summed E-state index contributed by atoms with van der Waals surface area (Å²) in [7, 11) is 0. The van der Waals surface area contributed by atoms with Gasteiger partial charge in [-0.2, -0.15) is 8.78 Å². The lowest BCUT2D eigenvalue weighted by atomic mass is 10.2. The maximum Gasteiger partial charge on any atom is 0.211 e. The first-order valence-corrected chi connectivity index (χ1v) is 7.57. The number of hydrogen-bond acceptors (Lipinski definition) is 6. The zero-order chi connectivity index (χ0) is 20.6. The lowest BCUT2D eigenvalue weighted by Gasteiger charge is -2.15. The van der Waals surface area contributed by atoms with E-state index in [-0.39, 0.29) is 22.9 Å². The summed E-state index contributed by atoms with van der Waals surface area (Å²) in [6, 6.07) is 6.63. The maximum atomic E-state index is 14.3. The van der Waals surface area contributed by atoms with Crippen LogP contribution in [0.4, 0.5) is 28.9 Å². The van der Waals surface area contributed by atoms with E-state index in [4.69, 9.17) is 20.9 Å². The molecule has 6 N–H and O–H groups in total. The molecule has 3 aromatic carbocycles. The van der Waals surface area contributed by atoms with Gasteiger partial charge in [0, 0.05) is 12.1 Å². The van der Waals surface area contributed by atoms with Gasteiger partial charge in [0.2, 0.25) is 34.8 Å². The first kappa shape index (κ1) is 19.0. The Hall–Kier alpha value is -3.82. The normalized spacial score (nSPS) is 10.7. The van der Waals surface area contributed by atoms with E-state index < -0.39 is 46.3 Å². The topological polar surface area (TPSA) is 111 Å². The minimum absolute atomic E-state index is 0.0295. The van der Waals surface area contributed by atoms with Gasteiger partial charge in [-0.1, -0.05) is 0 Å². The van der Waals surface area contributed by atoms with Gasteiger partial charge in [0.05, 0.1) is 11.4 Å². The number of phenolic OH excluding ortho intramolecular Hbond substituents is 2. The fourth-order valence-corrected chi connectivity index (χ4v) is 2.18. The molecule has 3 aromatic rings. The Morgan fingerprint density at radius 2 is 0.964 bits per heavy atom. The highest BCUT2D eigenvalue weighted by molar-refractivity contribution is 5.58. The van der Waals surface area contributed by atoms with Crippen molar-refractivity contribution in [2.75, 3.05) is 11.5 Å². The van der Waals surface area contributed by atoms with E-state index in [1.807, 2.05) is 0 Å². The highest BCUT2D eigenvalue weighted by atomic mass is 19.2. The highest BCUT2D eigenvalue weighted by Crippen LogP contribution is 2.43. The van der Waals surface area contributed by atoms with Crippen molar-refractivity contribution >= 4 is 11.4 Å². The maximum absolute atomic E-state index is 14.3. The van der Waals surface area contributed by atoms with Crippen molar-refractivity contribution in [1.29, 1.82) is 0 Å². The molecule has 0 amide bonds. The van der Waals surface area contributed by atoms with Crippen LogP contribution in [0.3, 0.4) is 0 Å². The number of benzene rings is 3. The zero-order valence-corrected chi connectivity index (χ0v) is 13.8. The molecular formula is C18H12F4N2O4. The van der Waals surface area contributed by atoms with E-state index in [9.17, 15) is 27.8 Å². The minimum Gasteiger partial charge on any atom is -0.506 e. The number of ether oxygens (including phenoxy) is 2. The van der Waals surface area contributed by atoms with Crippen LogP contribution in [0.5, 0.6) is 34.5 Å². The third kappa shape index (κ3) is 3.39. The number of nitrogen functional groups attached to an aromatic ring is 2. The molecular weight excluding hydrogens is 384 g/mol. The Morgan fingerprint density at radius 1 is 0.607 bits per heavy atom. The standard InChI is InChI=1S/C18H12F4N2O4/c19-13-14(20)16(22)18(28-8-2-4-10(24)12(26)6-8)17(15(13)21)27-7-1-3-9(23)11(25)5-7/h1-6,25-26H,23-24H2.